The third-order valence-electron chi connectivity index (χ3n) is 5.24. The van der Waals surface area contributed by atoms with Crippen molar-refractivity contribution in [2.45, 2.75) is 66.4 Å². The van der Waals surface area contributed by atoms with Crippen LogP contribution in [0.25, 0.3) is 0 Å². The number of hydrogen-bond donors (Lipinski definition) is 2. The summed E-state index contributed by atoms with van der Waals surface area (Å²) in [4.78, 5) is 22.4. The molecule has 0 spiro atoms. The molecule has 0 bridgehead atoms. The van der Waals surface area contributed by atoms with Gasteiger partial charge in [0.25, 0.3) is 0 Å². The normalized spacial score (nSPS) is 19.3. The van der Waals surface area contributed by atoms with Gasteiger partial charge in [-0.1, -0.05) is 49.8 Å². The van der Waals surface area contributed by atoms with E-state index in [1.54, 1.807) is 19.1 Å². The third-order valence-corrected chi connectivity index (χ3v) is 5.24. The van der Waals surface area contributed by atoms with E-state index in [-0.39, 0.29) is 5.41 Å². The van der Waals surface area contributed by atoms with Crippen LogP contribution < -0.4 is 0 Å². The lowest BCUT2D eigenvalue weighted by Gasteiger charge is -2.34. The number of carboxylic acid groups (broad SMARTS) is 1. The second kappa shape index (κ2) is 9.65. The lowest BCUT2D eigenvalue weighted by atomic mass is 9.71. The molecule has 0 amide bonds. The van der Waals surface area contributed by atoms with E-state index in [0.29, 0.717) is 5.57 Å². The first-order valence-corrected chi connectivity index (χ1v) is 9.32. The predicted molar refractivity (Wildman–Crippen MR) is 109 cm³/mol. The fourth-order valence-electron chi connectivity index (χ4n) is 3.35. The molecule has 0 aromatic carbocycles. The van der Waals surface area contributed by atoms with Gasteiger partial charge in [-0.3, -0.25) is 4.79 Å². The van der Waals surface area contributed by atoms with Gasteiger partial charge in [-0.15, -0.1) is 0 Å². The zero-order chi connectivity index (χ0) is 20.8. The molecular formula is C23H32O4. The molecule has 1 unspecified atom stereocenters. The van der Waals surface area contributed by atoms with E-state index >= 15 is 0 Å². The van der Waals surface area contributed by atoms with E-state index < -0.39 is 23.4 Å². The van der Waals surface area contributed by atoms with Crippen LogP contribution in [0.15, 0.2) is 58.7 Å². The molecule has 27 heavy (non-hydrogen) atoms. The molecule has 0 heterocycles. The van der Waals surface area contributed by atoms with Gasteiger partial charge in [-0.2, -0.15) is 0 Å². The maximum Gasteiger partial charge on any atom is 0.339 e. The SMILES string of the molecule is C=C(C(=O)O)C(=O)/C=C(C)\C=C/C(O)/C(C)=C/CC1=C(C)CCCC1(C)C. The summed E-state index contributed by atoms with van der Waals surface area (Å²) in [6, 6.07) is 0. The highest BCUT2D eigenvalue weighted by Gasteiger charge is 2.27. The number of carboxylic acids is 1. The molecule has 1 atom stereocenters. The van der Waals surface area contributed by atoms with Crippen LogP contribution >= 0.6 is 0 Å². The maximum absolute atomic E-state index is 11.7. The number of ketones is 1. The minimum absolute atomic E-state index is 0.201. The highest BCUT2D eigenvalue weighted by atomic mass is 16.4. The molecule has 0 aromatic heterocycles. The topological polar surface area (TPSA) is 74.6 Å². The summed E-state index contributed by atoms with van der Waals surface area (Å²) in [5.41, 5.74) is 4.04. The standard InChI is InChI=1S/C23H32O4/c1-15(14-21(25)18(4)22(26)27)9-12-20(24)17(3)10-11-19-16(2)8-7-13-23(19,5)6/h9-10,12,14,20,24H,4,7-8,11,13H2,1-3,5-6H3,(H,26,27)/b12-9-,15-14-,17-10+. The number of carbonyl (C=O) groups is 2. The summed E-state index contributed by atoms with van der Waals surface area (Å²) in [6.45, 7) is 13.6. The van der Waals surface area contributed by atoms with Gasteiger partial charge in [0, 0.05) is 0 Å². The molecule has 0 saturated heterocycles. The van der Waals surface area contributed by atoms with Gasteiger partial charge in [0.05, 0.1) is 11.7 Å². The van der Waals surface area contributed by atoms with E-state index in [9.17, 15) is 14.7 Å². The number of aliphatic carboxylic acids is 1. The molecule has 1 aliphatic rings. The largest absolute Gasteiger partial charge is 0.478 e. The smallest absolute Gasteiger partial charge is 0.339 e. The van der Waals surface area contributed by atoms with Crippen LogP contribution in [-0.4, -0.2) is 28.1 Å². The Labute approximate surface area is 162 Å². The van der Waals surface area contributed by atoms with Crippen LogP contribution in [0, 0.1) is 5.41 Å². The molecule has 2 N–H and O–H groups in total. The number of rotatable bonds is 8. The summed E-state index contributed by atoms with van der Waals surface area (Å²) < 4.78 is 0. The lowest BCUT2D eigenvalue weighted by molar-refractivity contribution is -0.134. The molecule has 4 heteroatoms. The van der Waals surface area contributed by atoms with E-state index in [1.807, 2.05) is 6.92 Å². The minimum atomic E-state index is -1.33. The fraction of sp³-hybridized carbons (Fsp3) is 0.478. The highest BCUT2D eigenvalue weighted by Crippen LogP contribution is 2.42. The molecule has 0 saturated carbocycles. The van der Waals surface area contributed by atoms with Crippen molar-refractivity contribution < 1.29 is 19.8 Å². The summed E-state index contributed by atoms with van der Waals surface area (Å²) in [6.07, 6.45) is 10.1. The van der Waals surface area contributed by atoms with Crippen LogP contribution in [0.5, 0.6) is 0 Å². The second-order valence-corrected chi connectivity index (χ2v) is 7.99. The molecule has 148 valence electrons. The average molecular weight is 373 g/mol. The van der Waals surface area contributed by atoms with Crippen molar-refractivity contribution in [1.82, 2.24) is 0 Å². The van der Waals surface area contributed by atoms with Gasteiger partial charge in [0.1, 0.15) is 0 Å². The summed E-state index contributed by atoms with van der Waals surface area (Å²) in [5.74, 6) is -1.98. The Bertz CT molecular complexity index is 729. The minimum Gasteiger partial charge on any atom is -0.478 e. The van der Waals surface area contributed by atoms with Crippen LogP contribution in [0.1, 0.15) is 60.3 Å². The second-order valence-electron chi connectivity index (χ2n) is 7.99. The zero-order valence-corrected chi connectivity index (χ0v) is 17.1. The molecule has 1 rings (SSSR count). The van der Waals surface area contributed by atoms with E-state index in [4.69, 9.17) is 5.11 Å². The van der Waals surface area contributed by atoms with Crippen molar-refractivity contribution >= 4 is 11.8 Å². The molecule has 0 aliphatic heterocycles. The van der Waals surface area contributed by atoms with Crippen LogP contribution in [0.4, 0.5) is 0 Å². The van der Waals surface area contributed by atoms with Crippen molar-refractivity contribution in [3.8, 4) is 0 Å². The quantitative estimate of drug-likeness (QED) is 0.208. The Morgan fingerprint density at radius 3 is 2.48 bits per heavy atom. The van der Waals surface area contributed by atoms with Gasteiger partial charge >= 0.3 is 5.97 Å². The summed E-state index contributed by atoms with van der Waals surface area (Å²) in [7, 11) is 0. The monoisotopic (exact) mass is 372 g/mol. The van der Waals surface area contributed by atoms with Gasteiger partial charge in [0.2, 0.25) is 0 Å². The Kier molecular flexibility index (Phi) is 8.17. The molecule has 0 radical (unpaired) electrons. The predicted octanol–water partition coefficient (Wildman–Crippen LogP) is 4.92. The molecule has 1 aliphatic carbocycles. The Morgan fingerprint density at radius 1 is 1.30 bits per heavy atom. The molecule has 4 nitrogen and oxygen atoms in total. The molecular weight excluding hydrogens is 340 g/mol. The van der Waals surface area contributed by atoms with Crippen molar-refractivity contribution in [2.24, 2.45) is 5.41 Å². The van der Waals surface area contributed by atoms with E-state index in [1.165, 1.54) is 30.1 Å². The maximum atomic E-state index is 11.7. The Balaban J connectivity index is 2.78. The van der Waals surface area contributed by atoms with Gasteiger partial charge in [0.15, 0.2) is 5.78 Å². The number of carbonyl (C=O) groups excluding carboxylic acids is 1. The van der Waals surface area contributed by atoms with Crippen LogP contribution in [-0.2, 0) is 9.59 Å². The zero-order valence-electron chi connectivity index (χ0n) is 17.1. The van der Waals surface area contributed by atoms with Crippen molar-refractivity contribution in [2.75, 3.05) is 0 Å². The first-order valence-electron chi connectivity index (χ1n) is 9.32. The molecule has 0 fully saturated rings. The number of hydrogen-bond acceptors (Lipinski definition) is 3. The highest BCUT2D eigenvalue weighted by molar-refractivity contribution is 6.20. The summed E-state index contributed by atoms with van der Waals surface area (Å²) >= 11 is 0. The van der Waals surface area contributed by atoms with Crippen molar-refractivity contribution in [1.29, 1.82) is 0 Å². The van der Waals surface area contributed by atoms with Gasteiger partial charge in [-0.05, 0) is 69.1 Å². The molecule has 0 aromatic rings. The summed E-state index contributed by atoms with van der Waals surface area (Å²) in [5, 5.41) is 19.1. The van der Waals surface area contributed by atoms with Crippen molar-refractivity contribution in [3.05, 3.63) is 58.7 Å². The van der Waals surface area contributed by atoms with Gasteiger partial charge in [-0.25, -0.2) is 4.79 Å². The van der Waals surface area contributed by atoms with E-state index in [2.05, 4.69) is 33.4 Å². The first-order chi connectivity index (χ1) is 12.5. The first kappa shape index (κ1) is 22.8. The average Bonchev–Trinajstić information content (AvgIpc) is 2.57. The Hall–Kier alpha value is -2.20. The van der Waals surface area contributed by atoms with Gasteiger partial charge < -0.3 is 10.2 Å². The number of allylic oxidation sites excluding steroid dienone is 6. The van der Waals surface area contributed by atoms with Crippen molar-refractivity contribution in [3.63, 3.8) is 0 Å². The Morgan fingerprint density at radius 2 is 1.93 bits per heavy atom. The van der Waals surface area contributed by atoms with Crippen LogP contribution in [0.3, 0.4) is 0 Å². The third kappa shape index (κ3) is 6.79. The van der Waals surface area contributed by atoms with Crippen LogP contribution in [0.2, 0.25) is 0 Å². The fourth-order valence-corrected chi connectivity index (χ4v) is 3.35. The number of aliphatic hydroxyl groups is 1. The number of aliphatic hydroxyl groups excluding tert-OH is 1. The lowest BCUT2D eigenvalue weighted by Crippen LogP contribution is -2.20. The van der Waals surface area contributed by atoms with E-state index in [0.717, 1.165) is 18.4 Å².